The average Bonchev–Trinajstić information content (AvgIpc) is 2.51. The van der Waals surface area contributed by atoms with E-state index < -0.39 is 0 Å². The summed E-state index contributed by atoms with van der Waals surface area (Å²) in [5.41, 5.74) is 1.00. The molecular formula is C16H21N3O2. The normalized spacial score (nSPS) is 10.2. The maximum atomic E-state index is 5.92. The molecule has 0 saturated carbocycles. The summed E-state index contributed by atoms with van der Waals surface area (Å²) in [7, 11) is 1.63. The van der Waals surface area contributed by atoms with Gasteiger partial charge in [0, 0.05) is 12.6 Å². The summed E-state index contributed by atoms with van der Waals surface area (Å²) < 4.78 is 11.1. The van der Waals surface area contributed by atoms with Crippen LogP contribution in [0.4, 0.5) is 5.82 Å². The molecule has 0 fully saturated rings. The van der Waals surface area contributed by atoms with Gasteiger partial charge in [-0.05, 0) is 25.5 Å². The second-order valence-corrected chi connectivity index (χ2v) is 4.57. The molecular weight excluding hydrogens is 266 g/mol. The number of nitrogens with zero attached hydrogens (tertiary/aromatic N) is 2. The molecule has 112 valence electrons. The van der Waals surface area contributed by atoms with Crippen LogP contribution in [0.3, 0.4) is 0 Å². The van der Waals surface area contributed by atoms with E-state index in [1.807, 2.05) is 31.2 Å². The zero-order chi connectivity index (χ0) is 15.1. The Hall–Kier alpha value is -2.30. The molecule has 0 saturated heterocycles. The van der Waals surface area contributed by atoms with E-state index in [-0.39, 0.29) is 0 Å². The summed E-state index contributed by atoms with van der Waals surface area (Å²) in [4.78, 5) is 8.57. The van der Waals surface area contributed by atoms with Crippen LogP contribution in [0.5, 0.6) is 17.4 Å². The summed E-state index contributed by atoms with van der Waals surface area (Å²) in [6, 6.07) is 7.49. The van der Waals surface area contributed by atoms with E-state index in [0.29, 0.717) is 11.6 Å². The molecule has 1 heterocycles. The highest BCUT2D eigenvalue weighted by molar-refractivity contribution is 5.50. The van der Waals surface area contributed by atoms with Gasteiger partial charge in [-0.2, -0.15) is 0 Å². The first-order valence-corrected chi connectivity index (χ1v) is 7.18. The van der Waals surface area contributed by atoms with Crippen LogP contribution >= 0.6 is 0 Å². The van der Waals surface area contributed by atoms with Gasteiger partial charge in [0.1, 0.15) is 23.6 Å². The molecule has 0 aliphatic carbocycles. The monoisotopic (exact) mass is 287 g/mol. The number of hydrogen-bond donors (Lipinski definition) is 1. The standard InChI is InChI=1S/C16H21N3O2/c1-4-7-14-15(17-5-2)18-11-19-16(14)21-13-9-6-8-12(10-13)20-3/h6,8-11H,4-5,7H2,1-3H3,(H,17,18,19). The van der Waals surface area contributed by atoms with E-state index in [4.69, 9.17) is 9.47 Å². The molecule has 2 rings (SSSR count). The molecule has 5 heteroatoms. The van der Waals surface area contributed by atoms with Crippen LogP contribution in [-0.4, -0.2) is 23.6 Å². The molecule has 0 amide bonds. The molecule has 0 atom stereocenters. The zero-order valence-corrected chi connectivity index (χ0v) is 12.7. The molecule has 1 aromatic carbocycles. The number of aromatic nitrogens is 2. The van der Waals surface area contributed by atoms with Crippen LogP contribution in [0.2, 0.25) is 0 Å². The number of anilines is 1. The molecule has 0 aliphatic rings. The van der Waals surface area contributed by atoms with Crippen LogP contribution in [0.25, 0.3) is 0 Å². The Morgan fingerprint density at radius 2 is 1.95 bits per heavy atom. The Balaban J connectivity index is 2.31. The van der Waals surface area contributed by atoms with E-state index >= 15 is 0 Å². The molecule has 0 spiro atoms. The van der Waals surface area contributed by atoms with Gasteiger partial charge in [-0.3, -0.25) is 0 Å². The molecule has 2 aromatic rings. The van der Waals surface area contributed by atoms with Crippen LogP contribution in [0, 0.1) is 0 Å². The first-order valence-electron chi connectivity index (χ1n) is 7.18. The summed E-state index contributed by atoms with van der Waals surface area (Å²) in [5.74, 6) is 2.89. The van der Waals surface area contributed by atoms with E-state index in [9.17, 15) is 0 Å². The van der Waals surface area contributed by atoms with E-state index in [1.54, 1.807) is 7.11 Å². The predicted octanol–water partition coefficient (Wildman–Crippen LogP) is 3.66. The molecule has 0 unspecified atom stereocenters. The molecule has 0 aliphatic heterocycles. The molecule has 5 nitrogen and oxygen atoms in total. The van der Waals surface area contributed by atoms with Crippen molar-refractivity contribution in [3.05, 3.63) is 36.2 Å². The minimum atomic E-state index is 0.594. The third-order valence-corrected chi connectivity index (χ3v) is 3.01. The fraction of sp³-hybridized carbons (Fsp3) is 0.375. The van der Waals surface area contributed by atoms with Gasteiger partial charge in [-0.25, -0.2) is 9.97 Å². The Bertz CT molecular complexity index is 587. The summed E-state index contributed by atoms with van der Waals surface area (Å²) in [6.07, 6.45) is 3.38. The Labute approximate surface area is 125 Å². The van der Waals surface area contributed by atoms with Crippen molar-refractivity contribution in [3.8, 4) is 17.4 Å². The van der Waals surface area contributed by atoms with Gasteiger partial charge in [0.05, 0.1) is 12.7 Å². The van der Waals surface area contributed by atoms with Crippen molar-refractivity contribution >= 4 is 5.82 Å². The van der Waals surface area contributed by atoms with E-state index in [2.05, 4.69) is 22.2 Å². The maximum Gasteiger partial charge on any atom is 0.227 e. The van der Waals surface area contributed by atoms with Crippen molar-refractivity contribution in [1.29, 1.82) is 0 Å². The van der Waals surface area contributed by atoms with Crippen molar-refractivity contribution in [2.24, 2.45) is 0 Å². The molecule has 0 radical (unpaired) electrons. The highest BCUT2D eigenvalue weighted by Gasteiger charge is 2.12. The van der Waals surface area contributed by atoms with Gasteiger partial charge < -0.3 is 14.8 Å². The van der Waals surface area contributed by atoms with Gasteiger partial charge in [0.25, 0.3) is 0 Å². The van der Waals surface area contributed by atoms with Crippen molar-refractivity contribution in [2.45, 2.75) is 26.7 Å². The van der Waals surface area contributed by atoms with E-state index in [0.717, 1.165) is 36.5 Å². The predicted molar refractivity (Wildman–Crippen MR) is 83.3 cm³/mol. The number of methoxy groups -OCH3 is 1. The van der Waals surface area contributed by atoms with Gasteiger partial charge in [-0.1, -0.05) is 19.4 Å². The highest BCUT2D eigenvalue weighted by atomic mass is 16.5. The lowest BCUT2D eigenvalue weighted by atomic mass is 10.1. The third-order valence-electron chi connectivity index (χ3n) is 3.01. The first-order chi connectivity index (χ1) is 10.3. The molecule has 1 N–H and O–H groups in total. The average molecular weight is 287 g/mol. The van der Waals surface area contributed by atoms with Crippen LogP contribution < -0.4 is 14.8 Å². The fourth-order valence-electron chi connectivity index (χ4n) is 2.06. The van der Waals surface area contributed by atoms with Crippen molar-refractivity contribution in [3.63, 3.8) is 0 Å². The quantitative estimate of drug-likeness (QED) is 0.842. The van der Waals surface area contributed by atoms with E-state index in [1.165, 1.54) is 6.33 Å². The maximum absolute atomic E-state index is 5.92. The van der Waals surface area contributed by atoms with Crippen LogP contribution in [-0.2, 0) is 6.42 Å². The Morgan fingerprint density at radius 3 is 2.67 bits per heavy atom. The number of ether oxygens (including phenoxy) is 2. The first kappa shape index (κ1) is 15.1. The SMILES string of the molecule is CCCc1c(NCC)ncnc1Oc1cccc(OC)c1. The van der Waals surface area contributed by atoms with Crippen molar-refractivity contribution in [2.75, 3.05) is 19.0 Å². The summed E-state index contributed by atoms with van der Waals surface area (Å²) in [5, 5.41) is 3.25. The minimum Gasteiger partial charge on any atom is -0.497 e. The van der Waals surface area contributed by atoms with Gasteiger partial charge in [0.2, 0.25) is 5.88 Å². The second kappa shape index (κ2) is 7.47. The number of rotatable bonds is 7. The van der Waals surface area contributed by atoms with Gasteiger partial charge in [-0.15, -0.1) is 0 Å². The lowest BCUT2D eigenvalue weighted by molar-refractivity contribution is 0.406. The second-order valence-electron chi connectivity index (χ2n) is 4.57. The summed E-state index contributed by atoms with van der Waals surface area (Å²) in [6.45, 7) is 4.98. The Kier molecular flexibility index (Phi) is 5.37. The lowest BCUT2D eigenvalue weighted by Crippen LogP contribution is -2.06. The van der Waals surface area contributed by atoms with Gasteiger partial charge >= 0.3 is 0 Å². The number of nitrogens with one attached hydrogen (secondary N) is 1. The lowest BCUT2D eigenvalue weighted by Gasteiger charge is -2.13. The fourth-order valence-corrected chi connectivity index (χ4v) is 2.06. The molecule has 21 heavy (non-hydrogen) atoms. The molecule has 1 aromatic heterocycles. The van der Waals surface area contributed by atoms with Crippen LogP contribution in [0.15, 0.2) is 30.6 Å². The minimum absolute atomic E-state index is 0.594. The van der Waals surface area contributed by atoms with Crippen LogP contribution in [0.1, 0.15) is 25.8 Å². The zero-order valence-electron chi connectivity index (χ0n) is 12.7. The third kappa shape index (κ3) is 3.84. The smallest absolute Gasteiger partial charge is 0.227 e. The molecule has 0 bridgehead atoms. The highest BCUT2D eigenvalue weighted by Crippen LogP contribution is 2.29. The summed E-state index contributed by atoms with van der Waals surface area (Å²) >= 11 is 0. The Morgan fingerprint density at radius 1 is 1.14 bits per heavy atom. The van der Waals surface area contributed by atoms with Crippen molar-refractivity contribution < 1.29 is 9.47 Å². The largest absolute Gasteiger partial charge is 0.497 e. The van der Waals surface area contributed by atoms with Gasteiger partial charge in [0.15, 0.2) is 0 Å². The number of benzene rings is 1. The van der Waals surface area contributed by atoms with Crippen molar-refractivity contribution in [1.82, 2.24) is 9.97 Å². The number of hydrogen-bond acceptors (Lipinski definition) is 5. The topological polar surface area (TPSA) is 56.3 Å².